The molecule has 0 heterocycles. The topological polar surface area (TPSA) is 90.7 Å². The van der Waals surface area contributed by atoms with E-state index in [0.29, 0.717) is 30.2 Å². The second-order valence-electron chi connectivity index (χ2n) is 6.35. The number of amides is 1. The van der Waals surface area contributed by atoms with Gasteiger partial charge in [-0.15, -0.1) is 0 Å². The molecule has 0 atom stereocenters. The number of carbonyl (C=O) groups is 1. The quantitative estimate of drug-likeness (QED) is 0.320. The van der Waals surface area contributed by atoms with E-state index in [4.69, 9.17) is 9.47 Å². The molecule has 162 valence electrons. The van der Waals surface area contributed by atoms with Crippen molar-refractivity contribution >= 4 is 17.3 Å². The largest absolute Gasteiger partial charge is 0.494 e. The molecular weight excluding hydrogens is 405 g/mol. The summed E-state index contributed by atoms with van der Waals surface area (Å²) >= 11 is 0. The van der Waals surface area contributed by atoms with E-state index in [1.54, 1.807) is 24.3 Å². The van der Waals surface area contributed by atoms with Gasteiger partial charge < -0.3 is 14.8 Å². The minimum atomic E-state index is -4.93. The van der Waals surface area contributed by atoms with Crippen LogP contribution in [-0.4, -0.2) is 24.0 Å². The molecule has 2 rings (SSSR count). The molecule has 0 saturated carbocycles. The van der Waals surface area contributed by atoms with E-state index in [1.807, 2.05) is 0 Å². The number of nitrogens with zero attached hydrogens (tertiary/aromatic N) is 1. The summed E-state index contributed by atoms with van der Waals surface area (Å²) in [7, 11) is 0. The van der Waals surface area contributed by atoms with E-state index in [0.717, 1.165) is 25.3 Å². The molecule has 7 nitrogen and oxygen atoms in total. The number of carbonyl (C=O) groups excluding carboxylic acids is 1. The summed E-state index contributed by atoms with van der Waals surface area (Å²) in [6.07, 6.45) is -1.81. The first-order chi connectivity index (χ1) is 14.2. The number of hydrogen-bond donors (Lipinski definition) is 1. The zero-order valence-corrected chi connectivity index (χ0v) is 16.2. The number of benzene rings is 2. The fraction of sp³-hybridized carbons (Fsp3) is 0.350. The smallest absolute Gasteiger partial charge is 0.423 e. The third-order valence-corrected chi connectivity index (χ3v) is 3.99. The molecule has 1 amide bonds. The van der Waals surface area contributed by atoms with Crippen LogP contribution in [0.3, 0.4) is 0 Å². The highest BCUT2D eigenvalue weighted by molar-refractivity contribution is 5.92. The van der Waals surface area contributed by atoms with Crippen LogP contribution >= 0.6 is 0 Å². The highest BCUT2D eigenvalue weighted by atomic mass is 19.4. The van der Waals surface area contributed by atoms with E-state index in [-0.39, 0.29) is 5.69 Å². The number of nitro benzene ring substituents is 1. The molecule has 2 aromatic rings. The van der Waals surface area contributed by atoms with Gasteiger partial charge in [-0.3, -0.25) is 14.9 Å². The van der Waals surface area contributed by atoms with Crippen molar-refractivity contribution in [3.05, 3.63) is 58.1 Å². The Kier molecular flexibility index (Phi) is 8.02. The van der Waals surface area contributed by atoms with E-state index < -0.39 is 34.9 Å². The van der Waals surface area contributed by atoms with Gasteiger partial charge in [0.1, 0.15) is 17.1 Å². The molecule has 0 aliphatic rings. The van der Waals surface area contributed by atoms with Crippen LogP contribution in [0.25, 0.3) is 0 Å². The fourth-order valence-corrected chi connectivity index (χ4v) is 2.52. The molecule has 10 heteroatoms. The molecule has 0 saturated heterocycles. The zero-order valence-electron chi connectivity index (χ0n) is 16.2. The van der Waals surface area contributed by atoms with Crippen molar-refractivity contribution in [3.8, 4) is 11.5 Å². The minimum absolute atomic E-state index is 0.225. The van der Waals surface area contributed by atoms with Gasteiger partial charge in [-0.05, 0) is 42.8 Å². The Labute approximate surface area is 170 Å². The lowest BCUT2D eigenvalue weighted by molar-refractivity contribution is -0.388. The first kappa shape index (κ1) is 23.0. The summed E-state index contributed by atoms with van der Waals surface area (Å²) in [5.41, 5.74) is -2.76. The van der Waals surface area contributed by atoms with Gasteiger partial charge in [-0.1, -0.05) is 19.8 Å². The lowest BCUT2D eigenvalue weighted by atomic mass is 10.1. The lowest BCUT2D eigenvalue weighted by Crippen LogP contribution is -2.20. The summed E-state index contributed by atoms with van der Waals surface area (Å²) in [6, 6.07) is 8.82. The monoisotopic (exact) mass is 426 g/mol. The van der Waals surface area contributed by atoms with Crippen LogP contribution in [0.1, 0.15) is 31.7 Å². The van der Waals surface area contributed by atoms with Crippen LogP contribution in [0.5, 0.6) is 11.5 Å². The van der Waals surface area contributed by atoms with Crippen LogP contribution < -0.4 is 14.8 Å². The summed E-state index contributed by atoms with van der Waals surface area (Å²) in [5, 5.41) is 13.0. The number of ether oxygens (including phenoxy) is 2. The molecular formula is C20H21F3N2O5. The number of nitrogens with one attached hydrogen (secondary N) is 1. The minimum Gasteiger partial charge on any atom is -0.494 e. The number of alkyl halides is 3. The van der Waals surface area contributed by atoms with Crippen LogP contribution in [0.2, 0.25) is 0 Å². The predicted molar refractivity (Wildman–Crippen MR) is 104 cm³/mol. The highest BCUT2D eigenvalue weighted by Crippen LogP contribution is 2.37. The van der Waals surface area contributed by atoms with Gasteiger partial charge in [0.2, 0.25) is 0 Å². The lowest BCUT2D eigenvalue weighted by Gasteiger charge is -2.11. The van der Waals surface area contributed by atoms with E-state index in [1.165, 1.54) is 0 Å². The van der Waals surface area contributed by atoms with Crippen molar-refractivity contribution in [2.24, 2.45) is 0 Å². The van der Waals surface area contributed by atoms with Gasteiger partial charge >= 0.3 is 6.18 Å². The molecule has 1 N–H and O–H groups in total. The van der Waals surface area contributed by atoms with Gasteiger partial charge in [0.05, 0.1) is 11.5 Å². The third-order valence-electron chi connectivity index (χ3n) is 3.99. The Hall–Kier alpha value is -3.30. The molecule has 0 radical (unpaired) electrons. The first-order valence-corrected chi connectivity index (χ1v) is 9.22. The number of halogens is 3. The Bertz CT molecular complexity index is 870. The Morgan fingerprint density at radius 1 is 1.07 bits per heavy atom. The maximum Gasteiger partial charge on any atom is 0.423 e. The van der Waals surface area contributed by atoms with E-state index in [9.17, 15) is 28.1 Å². The van der Waals surface area contributed by atoms with E-state index >= 15 is 0 Å². The molecule has 0 fully saturated rings. The molecule has 2 aromatic carbocycles. The van der Waals surface area contributed by atoms with Crippen LogP contribution in [0.4, 0.5) is 24.5 Å². The molecule has 0 unspecified atom stereocenters. The number of nitro groups is 1. The number of hydrogen-bond acceptors (Lipinski definition) is 5. The van der Waals surface area contributed by atoms with Gasteiger partial charge in [0.25, 0.3) is 11.6 Å². The Balaban J connectivity index is 1.91. The van der Waals surface area contributed by atoms with Crippen molar-refractivity contribution in [3.63, 3.8) is 0 Å². The maximum atomic E-state index is 13.0. The maximum absolute atomic E-state index is 13.0. The average Bonchev–Trinajstić information content (AvgIpc) is 2.69. The van der Waals surface area contributed by atoms with Crippen molar-refractivity contribution in [2.75, 3.05) is 18.5 Å². The average molecular weight is 426 g/mol. The SMILES string of the molecule is CCCCCOc1ccc(OCC(=O)Nc2ccc([N+](=O)[O-])c(C(F)(F)F)c2)cc1. The highest BCUT2D eigenvalue weighted by Gasteiger charge is 2.38. The second kappa shape index (κ2) is 10.5. The Morgan fingerprint density at radius 2 is 1.70 bits per heavy atom. The predicted octanol–water partition coefficient (Wildman–Crippen LogP) is 5.20. The molecule has 0 aliphatic carbocycles. The molecule has 0 aromatic heterocycles. The molecule has 30 heavy (non-hydrogen) atoms. The van der Waals surface area contributed by atoms with Crippen molar-refractivity contribution in [1.82, 2.24) is 0 Å². The summed E-state index contributed by atoms with van der Waals surface area (Å²) < 4.78 is 49.8. The first-order valence-electron chi connectivity index (χ1n) is 9.22. The van der Waals surface area contributed by atoms with Crippen LogP contribution in [-0.2, 0) is 11.0 Å². The summed E-state index contributed by atoms with van der Waals surface area (Å²) in [5.74, 6) is 0.330. The van der Waals surface area contributed by atoms with Gasteiger partial charge in [-0.2, -0.15) is 13.2 Å². The molecule has 0 spiro atoms. The van der Waals surface area contributed by atoms with Gasteiger partial charge in [0, 0.05) is 11.8 Å². The van der Waals surface area contributed by atoms with Crippen molar-refractivity contribution < 1.29 is 32.4 Å². The Morgan fingerprint density at radius 3 is 2.27 bits per heavy atom. The number of unbranched alkanes of at least 4 members (excludes halogenated alkanes) is 2. The summed E-state index contributed by atoms with van der Waals surface area (Å²) in [4.78, 5) is 21.6. The standard InChI is InChI=1S/C20H21F3N2O5/c1-2-3-4-11-29-15-6-8-16(9-7-15)30-13-19(26)24-14-5-10-18(25(27)28)17(12-14)20(21,22)23/h5-10,12H,2-4,11,13H2,1H3,(H,24,26). The number of rotatable bonds is 10. The van der Waals surface area contributed by atoms with E-state index in [2.05, 4.69) is 12.2 Å². The normalized spacial score (nSPS) is 11.1. The molecule has 0 bridgehead atoms. The zero-order chi connectivity index (χ0) is 22.1. The third kappa shape index (κ3) is 6.94. The summed E-state index contributed by atoms with van der Waals surface area (Å²) in [6.45, 7) is 2.25. The number of anilines is 1. The van der Waals surface area contributed by atoms with Crippen molar-refractivity contribution in [2.45, 2.75) is 32.4 Å². The second-order valence-corrected chi connectivity index (χ2v) is 6.35. The van der Waals surface area contributed by atoms with Gasteiger partial charge in [-0.25, -0.2) is 0 Å². The van der Waals surface area contributed by atoms with Crippen LogP contribution in [0.15, 0.2) is 42.5 Å². The fourth-order valence-electron chi connectivity index (χ4n) is 2.52. The molecule has 0 aliphatic heterocycles. The van der Waals surface area contributed by atoms with Crippen LogP contribution in [0, 0.1) is 10.1 Å². The van der Waals surface area contributed by atoms with Crippen molar-refractivity contribution in [1.29, 1.82) is 0 Å². The van der Waals surface area contributed by atoms with Gasteiger partial charge in [0.15, 0.2) is 6.61 Å².